The van der Waals surface area contributed by atoms with Gasteiger partial charge in [0.1, 0.15) is 0 Å². The molecule has 2 heterocycles. The number of hydrogen-bond acceptors (Lipinski definition) is 2. The zero-order valence-corrected chi connectivity index (χ0v) is 34.1. The number of rotatable bonds is 7. The number of fused-ring (bicyclic) bond motifs is 7. The van der Waals surface area contributed by atoms with Crippen molar-refractivity contribution < 1.29 is 0 Å². The maximum atomic E-state index is 2.40. The van der Waals surface area contributed by atoms with Crippen LogP contribution in [-0.2, 0) is 0 Å². The Morgan fingerprint density at radius 1 is 0.295 bits per heavy atom. The summed E-state index contributed by atoms with van der Waals surface area (Å²) in [5.41, 5.74) is 14.2. The first kappa shape index (κ1) is 35.2. The van der Waals surface area contributed by atoms with Crippen molar-refractivity contribution in [2.75, 3.05) is 4.90 Å². The summed E-state index contributed by atoms with van der Waals surface area (Å²) in [5.74, 6) is 0. The Kier molecular flexibility index (Phi) is 8.39. The quantitative estimate of drug-likeness (QED) is 0.156. The van der Waals surface area contributed by atoms with Crippen LogP contribution in [-0.4, -0.2) is 4.57 Å². The van der Waals surface area contributed by atoms with E-state index in [2.05, 4.69) is 240 Å². The van der Waals surface area contributed by atoms with Crippen LogP contribution in [0.2, 0.25) is 0 Å². The van der Waals surface area contributed by atoms with E-state index >= 15 is 0 Å². The lowest BCUT2D eigenvalue weighted by Gasteiger charge is -2.26. The first-order valence-corrected chi connectivity index (χ1v) is 21.6. The third kappa shape index (κ3) is 6.18. The predicted octanol–water partition coefficient (Wildman–Crippen LogP) is 16.8. The van der Waals surface area contributed by atoms with Crippen molar-refractivity contribution in [1.82, 2.24) is 4.57 Å². The van der Waals surface area contributed by atoms with Gasteiger partial charge in [0, 0.05) is 53.7 Å². The summed E-state index contributed by atoms with van der Waals surface area (Å²) in [5, 5.41) is 7.57. The highest BCUT2D eigenvalue weighted by Crippen LogP contribution is 2.42. The van der Waals surface area contributed by atoms with Crippen molar-refractivity contribution in [2.24, 2.45) is 0 Å². The largest absolute Gasteiger partial charge is 0.310 e. The lowest BCUT2D eigenvalue weighted by Crippen LogP contribution is -2.09. The number of benzene rings is 10. The maximum Gasteiger partial charge on any atom is 0.0541 e. The van der Waals surface area contributed by atoms with E-state index in [1.807, 2.05) is 11.3 Å². The highest BCUT2D eigenvalue weighted by molar-refractivity contribution is 7.25. The fourth-order valence-electron chi connectivity index (χ4n) is 9.14. The Balaban J connectivity index is 0.926. The Bertz CT molecular complexity index is 3560. The van der Waals surface area contributed by atoms with Gasteiger partial charge in [-0.25, -0.2) is 0 Å². The molecule has 12 rings (SSSR count). The summed E-state index contributed by atoms with van der Waals surface area (Å²) in [7, 11) is 0. The van der Waals surface area contributed by atoms with Gasteiger partial charge in [0.15, 0.2) is 0 Å². The second kappa shape index (κ2) is 14.5. The van der Waals surface area contributed by atoms with Crippen LogP contribution in [0, 0.1) is 0 Å². The SMILES string of the molecule is c1ccc(-c2ccc(-c3ccc(N(c4ccc(-c5ccc6c(c5)c5ccccc5n6-c5ccc6ccccc6c5)cc4)c4ccc5sc6ccccc6c5c4)cc3)cc2)cc1. The standard InChI is InChI=1S/C58H38N2S/c1-2-10-39(11-3-1)41-18-20-42(21-19-41)43-22-28-47(29-23-43)59(50-33-35-58-54(38-50)52-15-7-9-17-57(52)61-58)48-30-24-44(25-31-48)46-27-34-56-53(37-46)51-14-6-8-16-55(51)60(56)49-32-26-40-12-4-5-13-45(40)36-49/h1-38H. The van der Waals surface area contributed by atoms with Crippen LogP contribution < -0.4 is 4.90 Å². The summed E-state index contributed by atoms with van der Waals surface area (Å²) in [4.78, 5) is 2.39. The smallest absolute Gasteiger partial charge is 0.0541 e. The van der Waals surface area contributed by atoms with Crippen molar-refractivity contribution >= 4 is 81.1 Å². The van der Waals surface area contributed by atoms with Crippen LogP contribution in [0.25, 0.3) is 91.8 Å². The number of nitrogens with zero attached hydrogens (tertiary/aromatic N) is 2. The van der Waals surface area contributed by atoms with Crippen LogP contribution in [0.3, 0.4) is 0 Å². The minimum Gasteiger partial charge on any atom is -0.310 e. The molecule has 0 amide bonds. The summed E-state index contributed by atoms with van der Waals surface area (Å²) in [6, 6.07) is 84.2. The van der Waals surface area contributed by atoms with Gasteiger partial charge in [-0.05, 0) is 123 Å². The minimum absolute atomic E-state index is 1.11. The highest BCUT2D eigenvalue weighted by Gasteiger charge is 2.17. The second-order valence-corrected chi connectivity index (χ2v) is 16.9. The molecular weight excluding hydrogens is 757 g/mol. The molecular formula is C58H38N2S. The Morgan fingerprint density at radius 2 is 0.820 bits per heavy atom. The molecule has 10 aromatic carbocycles. The monoisotopic (exact) mass is 794 g/mol. The van der Waals surface area contributed by atoms with E-state index in [4.69, 9.17) is 0 Å². The van der Waals surface area contributed by atoms with E-state index in [1.165, 1.54) is 91.8 Å². The summed E-state index contributed by atoms with van der Waals surface area (Å²) >= 11 is 1.85. The zero-order chi connectivity index (χ0) is 40.3. The molecule has 3 heteroatoms. The first-order valence-electron chi connectivity index (χ1n) is 20.8. The molecule has 0 unspecified atom stereocenters. The Hall–Kier alpha value is -7.72. The molecule has 0 bridgehead atoms. The van der Waals surface area contributed by atoms with Gasteiger partial charge in [-0.3, -0.25) is 0 Å². The normalized spacial score (nSPS) is 11.6. The average molecular weight is 795 g/mol. The molecule has 0 aliphatic heterocycles. The molecule has 0 aliphatic carbocycles. The summed E-state index contributed by atoms with van der Waals surface area (Å²) in [6.45, 7) is 0. The van der Waals surface area contributed by atoms with E-state index < -0.39 is 0 Å². The molecule has 0 saturated heterocycles. The Morgan fingerprint density at radius 3 is 1.56 bits per heavy atom. The van der Waals surface area contributed by atoms with E-state index in [0.717, 1.165) is 17.1 Å². The maximum absolute atomic E-state index is 2.40. The van der Waals surface area contributed by atoms with Gasteiger partial charge in [-0.15, -0.1) is 11.3 Å². The third-order valence-corrected chi connectivity index (χ3v) is 13.3. The molecule has 61 heavy (non-hydrogen) atoms. The highest BCUT2D eigenvalue weighted by atomic mass is 32.1. The topological polar surface area (TPSA) is 8.17 Å². The second-order valence-electron chi connectivity index (χ2n) is 15.8. The lowest BCUT2D eigenvalue weighted by molar-refractivity contribution is 1.19. The van der Waals surface area contributed by atoms with Gasteiger partial charge < -0.3 is 9.47 Å². The number of hydrogen-bond donors (Lipinski definition) is 0. The van der Waals surface area contributed by atoms with Gasteiger partial charge in [-0.1, -0.05) is 152 Å². The van der Waals surface area contributed by atoms with Crippen molar-refractivity contribution in [1.29, 1.82) is 0 Å². The molecule has 286 valence electrons. The fourth-order valence-corrected chi connectivity index (χ4v) is 10.2. The third-order valence-electron chi connectivity index (χ3n) is 12.2. The van der Waals surface area contributed by atoms with E-state index in [1.54, 1.807) is 0 Å². The first-order chi connectivity index (χ1) is 30.2. The molecule has 2 nitrogen and oxygen atoms in total. The fraction of sp³-hybridized carbons (Fsp3) is 0. The molecule has 12 aromatic rings. The van der Waals surface area contributed by atoms with Crippen LogP contribution in [0.5, 0.6) is 0 Å². The van der Waals surface area contributed by atoms with Gasteiger partial charge in [-0.2, -0.15) is 0 Å². The van der Waals surface area contributed by atoms with Crippen molar-refractivity contribution in [3.63, 3.8) is 0 Å². The molecule has 0 saturated carbocycles. The molecule has 0 N–H and O–H groups in total. The minimum atomic E-state index is 1.11. The predicted molar refractivity (Wildman–Crippen MR) is 262 cm³/mol. The van der Waals surface area contributed by atoms with Crippen LogP contribution in [0.1, 0.15) is 0 Å². The van der Waals surface area contributed by atoms with Crippen LogP contribution in [0.15, 0.2) is 231 Å². The number of anilines is 3. The van der Waals surface area contributed by atoms with Gasteiger partial charge in [0.2, 0.25) is 0 Å². The van der Waals surface area contributed by atoms with Crippen molar-refractivity contribution in [3.8, 4) is 39.1 Å². The summed E-state index contributed by atoms with van der Waals surface area (Å²) in [6.07, 6.45) is 0. The Labute approximate surface area is 358 Å². The summed E-state index contributed by atoms with van der Waals surface area (Å²) < 4.78 is 5.01. The number of aromatic nitrogens is 1. The lowest BCUT2D eigenvalue weighted by atomic mass is 10.00. The number of thiophene rings is 1. The average Bonchev–Trinajstić information content (AvgIpc) is 3.87. The molecule has 2 aromatic heterocycles. The molecule has 0 fully saturated rings. The van der Waals surface area contributed by atoms with Crippen molar-refractivity contribution in [3.05, 3.63) is 231 Å². The van der Waals surface area contributed by atoms with E-state index in [9.17, 15) is 0 Å². The molecule has 0 aliphatic rings. The van der Waals surface area contributed by atoms with Crippen molar-refractivity contribution in [2.45, 2.75) is 0 Å². The van der Waals surface area contributed by atoms with Gasteiger partial charge >= 0.3 is 0 Å². The van der Waals surface area contributed by atoms with Gasteiger partial charge in [0.05, 0.1) is 11.0 Å². The molecule has 0 atom stereocenters. The van der Waals surface area contributed by atoms with Crippen LogP contribution >= 0.6 is 11.3 Å². The van der Waals surface area contributed by atoms with Gasteiger partial charge in [0.25, 0.3) is 0 Å². The van der Waals surface area contributed by atoms with E-state index in [-0.39, 0.29) is 0 Å². The molecule has 0 radical (unpaired) electrons. The zero-order valence-electron chi connectivity index (χ0n) is 33.2. The van der Waals surface area contributed by atoms with E-state index in [0.29, 0.717) is 0 Å². The molecule has 0 spiro atoms. The number of para-hydroxylation sites is 1. The van der Waals surface area contributed by atoms with Crippen LogP contribution in [0.4, 0.5) is 17.1 Å².